The van der Waals surface area contributed by atoms with E-state index in [1.165, 1.54) is 11.3 Å². The van der Waals surface area contributed by atoms with E-state index in [1.54, 1.807) is 6.20 Å². The van der Waals surface area contributed by atoms with Gasteiger partial charge in [-0.15, -0.1) is 0 Å². The molecule has 2 aromatic carbocycles. The van der Waals surface area contributed by atoms with Gasteiger partial charge in [0.1, 0.15) is 5.69 Å². The van der Waals surface area contributed by atoms with Crippen molar-refractivity contribution >= 4 is 17.3 Å². The van der Waals surface area contributed by atoms with Gasteiger partial charge in [0.25, 0.3) is 5.91 Å². The molecule has 0 aliphatic carbocycles. The average Bonchev–Trinajstić information content (AvgIpc) is 3.13. The molecule has 0 fully saturated rings. The van der Waals surface area contributed by atoms with Gasteiger partial charge in [0.2, 0.25) is 0 Å². The molecule has 1 aliphatic rings. The number of anilines is 2. The summed E-state index contributed by atoms with van der Waals surface area (Å²) < 4.78 is 0. The highest BCUT2D eigenvalue weighted by Gasteiger charge is 2.21. The van der Waals surface area contributed by atoms with Crippen LogP contribution >= 0.6 is 0 Å². The van der Waals surface area contributed by atoms with E-state index in [0.29, 0.717) is 5.69 Å². The highest BCUT2D eigenvalue weighted by Crippen LogP contribution is 2.34. The van der Waals surface area contributed by atoms with Gasteiger partial charge in [0, 0.05) is 24.1 Å². The van der Waals surface area contributed by atoms with Crippen LogP contribution in [0.5, 0.6) is 0 Å². The minimum Gasteiger partial charge on any atom is -0.344 e. The van der Waals surface area contributed by atoms with Crippen LogP contribution < -0.4 is 10.2 Å². The molecule has 2 heterocycles. The number of nitrogens with zero attached hydrogens (tertiary/aromatic N) is 2. The summed E-state index contributed by atoms with van der Waals surface area (Å²) in [5.41, 5.74) is 5.07. The van der Waals surface area contributed by atoms with Crippen molar-refractivity contribution in [3.8, 4) is 0 Å². The summed E-state index contributed by atoms with van der Waals surface area (Å²) in [6, 6.07) is 22.1. The highest BCUT2D eigenvalue weighted by molar-refractivity contribution is 5.93. The number of pyridine rings is 1. The monoisotopic (exact) mass is 343 g/mol. The van der Waals surface area contributed by atoms with Crippen LogP contribution in [-0.2, 0) is 6.42 Å². The Kier molecular flexibility index (Phi) is 4.40. The number of hydrogen-bond donors (Lipinski definition) is 1. The maximum atomic E-state index is 12.6. The van der Waals surface area contributed by atoms with Crippen LogP contribution in [0.3, 0.4) is 0 Å². The van der Waals surface area contributed by atoms with Crippen molar-refractivity contribution in [1.29, 1.82) is 0 Å². The third-order valence-corrected chi connectivity index (χ3v) is 4.82. The molecule has 0 saturated carbocycles. The second-order valence-corrected chi connectivity index (χ2v) is 6.54. The molecule has 1 amide bonds. The number of carbonyl (C=O) groups excluding carboxylic acids is 1. The molecule has 0 bridgehead atoms. The summed E-state index contributed by atoms with van der Waals surface area (Å²) >= 11 is 0. The van der Waals surface area contributed by atoms with Gasteiger partial charge in [-0.3, -0.25) is 9.78 Å². The minimum atomic E-state index is -0.157. The molecular weight excluding hydrogens is 322 g/mol. The third kappa shape index (κ3) is 3.18. The van der Waals surface area contributed by atoms with Crippen molar-refractivity contribution in [2.75, 3.05) is 11.4 Å². The first-order valence-electron chi connectivity index (χ1n) is 8.90. The number of rotatable bonds is 4. The Morgan fingerprint density at radius 2 is 1.85 bits per heavy atom. The fraction of sp³-hybridized carbons (Fsp3) is 0.182. The molecule has 4 rings (SSSR count). The summed E-state index contributed by atoms with van der Waals surface area (Å²) in [7, 11) is 0. The Morgan fingerprint density at radius 3 is 2.69 bits per heavy atom. The maximum absolute atomic E-state index is 12.6. The third-order valence-electron chi connectivity index (χ3n) is 4.82. The molecule has 0 spiro atoms. The average molecular weight is 343 g/mol. The molecule has 0 saturated heterocycles. The largest absolute Gasteiger partial charge is 0.344 e. The van der Waals surface area contributed by atoms with Crippen molar-refractivity contribution in [2.45, 2.75) is 19.4 Å². The second kappa shape index (κ2) is 7.00. The lowest BCUT2D eigenvalue weighted by Gasteiger charge is -2.20. The van der Waals surface area contributed by atoms with Crippen LogP contribution in [-0.4, -0.2) is 17.4 Å². The van der Waals surface area contributed by atoms with Gasteiger partial charge in [0.15, 0.2) is 0 Å². The molecule has 1 atom stereocenters. The van der Waals surface area contributed by atoms with Crippen LogP contribution in [0.2, 0.25) is 0 Å². The number of hydrogen-bond acceptors (Lipinski definition) is 3. The van der Waals surface area contributed by atoms with Crippen molar-refractivity contribution in [3.05, 3.63) is 89.7 Å². The van der Waals surface area contributed by atoms with E-state index >= 15 is 0 Å². The first-order chi connectivity index (χ1) is 12.7. The molecular formula is C22H21N3O. The van der Waals surface area contributed by atoms with E-state index in [9.17, 15) is 4.79 Å². The van der Waals surface area contributed by atoms with E-state index in [0.717, 1.165) is 24.2 Å². The van der Waals surface area contributed by atoms with E-state index in [-0.39, 0.29) is 11.9 Å². The lowest BCUT2D eigenvalue weighted by atomic mass is 10.1. The lowest BCUT2D eigenvalue weighted by Crippen LogP contribution is -2.27. The van der Waals surface area contributed by atoms with Crippen LogP contribution in [0.15, 0.2) is 72.9 Å². The van der Waals surface area contributed by atoms with Gasteiger partial charge in [-0.05, 0) is 42.7 Å². The van der Waals surface area contributed by atoms with Crippen LogP contribution in [0.1, 0.15) is 34.6 Å². The number of fused-ring (bicyclic) bond motifs is 1. The number of aromatic nitrogens is 1. The van der Waals surface area contributed by atoms with E-state index in [2.05, 4.69) is 33.4 Å². The molecule has 26 heavy (non-hydrogen) atoms. The summed E-state index contributed by atoms with van der Waals surface area (Å²) in [6.07, 6.45) is 2.73. The van der Waals surface area contributed by atoms with E-state index in [4.69, 9.17) is 0 Å². The Morgan fingerprint density at radius 1 is 1.08 bits per heavy atom. The molecule has 1 N–H and O–H groups in total. The van der Waals surface area contributed by atoms with Crippen molar-refractivity contribution in [1.82, 2.24) is 10.3 Å². The van der Waals surface area contributed by atoms with Gasteiger partial charge < -0.3 is 10.2 Å². The predicted molar refractivity (Wildman–Crippen MR) is 104 cm³/mol. The topological polar surface area (TPSA) is 45.2 Å². The van der Waals surface area contributed by atoms with E-state index < -0.39 is 0 Å². The Labute approximate surface area is 153 Å². The van der Waals surface area contributed by atoms with Gasteiger partial charge in [-0.2, -0.15) is 0 Å². The fourth-order valence-electron chi connectivity index (χ4n) is 3.41. The van der Waals surface area contributed by atoms with E-state index in [1.807, 2.05) is 55.5 Å². The number of carbonyl (C=O) groups is 1. The zero-order chi connectivity index (χ0) is 17.9. The first kappa shape index (κ1) is 16.3. The van der Waals surface area contributed by atoms with Crippen molar-refractivity contribution in [3.63, 3.8) is 0 Å². The van der Waals surface area contributed by atoms with Crippen LogP contribution in [0.4, 0.5) is 11.4 Å². The molecule has 1 unspecified atom stereocenters. The van der Waals surface area contributed by atoms with Crippen LogP contribution in [0.25, 0.3) is 0 Å². The quantitative estimate of drug-likeness (QED) is 0.769. The highest BCUT2D eigenvalue weighted by atomic mass is 16.1. The van der Waals surface area contributed by atoms with Gasteiger partial charge in [0.05, 0.1) is 6.04 Å². The Balaban J connectivity index is 1.54. The Hall–Kier alpha value is -3.14. The Bertz CT molecular complexity index is 923. The van der Waals surface area contributed by atoms with Gasteiger partial charge >= 0.3 is 0 Å². The van der Waals surface area contributed by atoms with Crippen LogP contribution in [0, 0.1) is 0 Å². The molecule has 4 heteroatoms. The van der Waals surface area contributed by atoms with Crippen molar-refractivity contribution < 1.29 is 4.79 Å². The second-order valence-electron chi connectivity index (χ2n) is 6.54. The normalized spacial score (nSPS) is 14.0. The molecule has 130 valence electrons. The number of amides is 1. The molecule has 1 aliphatic heterocycles. The maximum Gasteiger partial charge on any atom is 0.270 e. The molecule has 0 radical (unpaired) electrons. The SMILES string of the molecule is CC(NC(=O)c1cc(N2CCc3ccccc32)ccn1)c1ccccc1. The van der Waals surface area contributed by atoms with Gasteiger partial charge in [-0.25, -0.2) is 0 Å². The van der Waals surface area contributed by atoms with Crippen molar-refractivity contribution in [2.24, 2.45) is 0 Å². The predicted octanol–water partition coefficient (Wildman–Crippen LogP) is 4.27. The fourth-order valence-corrected chi connectivity index (χ4v) is 3.41. The zero-order valence-corrected chi connectivity index (χ0v) is 14.7. The number of benzene rings is 2. The zero-order valence-electron chi connectivity index (χ0n) is 14.7. The molecule has 3 aromatic rings. The summed E-state index contributed by atoms with van der Waals surface area (Å²) in [4.78, 5) is 19.2. The number of para-hydroxylation sites is 1. The smallest absolute Gasteiger partial charge is 0.270 e. The van der Waals surface area contributed by atoms with Gasteiger partial charge in [-0.1, -0.05) is 48.5 Å². The lowest BCUT2D eigenvalue weighted by molar-refractivity contribution is 0.0935. The summed E-state index contributed by atoms with van der Waals surface area (Å²) in [5.74, 6) is -0.157. The summed E-state index contributed by atoms with van der Waals surface area (Å²) in [5, 5.41) is 3.03. The molecule has 4 nitrogen and oxygen atoms in total. The summed E-state index contributed by atoms with van der Waals surface area (Å²) in [6.45, 7) is 2.90. The minimum absolute atomic E-state index is 0.0679. The standard InChI is InChI=1S/C22H21N3O/c1-16(17-7-3-2-4-8-17)24-22(26)20-15-19(11-13-23-20)25-14-12-18-9-5-6-10-21(18)25/h2-11,13,15-16H,12,14H2,1H3,(H,24,26). The first-order valence-corrected chi connectivity index (χ1v) is 8.90. The number of nitrogens with one attached hydrogen (secondary N) is 1. The molecule has 1 aromatic heterocycles.